The maximum absolute atomic E-state index is 11.3. The number of hydrogen-bond donors (Lipinski definition) is 2. The molecule has 0 bridgehead atoms. The van der Waals surface area contributed by atoms with Crippen molar-refractivity contribution < 1.29 is 10.2 Å². The second-order valence-corrected chi connectivity index (χ2v) is 12.6. The van der Waals surface area contributed by atoms with Crippen LogP contribution >= 0.6 is 11.3 Å². The fourth-order valence-electron chi connectivity index (χ4n) is 8.40. The monoisotopic (exact) mass is 431 g/mol. The van der Waals surface area contributed by atoms with Gasteiger partial charge in [-0.3, -0.25) is 0 Å². The van der Waals surface area contributed by atoms with Gasteiger partial charge in [0.25, 0.3) is 0 Å². The van der Waals surface area contributed by atoms with Gasteiger partial charge in [0.1, 0.15) is 0 Å². The summed E-state index contributed by atoms with van der Waals surface area (Å²) in [5, 5.41) is 22.5. The molecular weight excluding hydrogens is 390 g/mol. The Bertz CT molecular complexity index is 732. The molecule has 9 unspecified atom stereocenters. The van der Waals surface area contributed by atoms with Crippen molar-refractivity contribution >= 4 is 11.3 Å². The smallest absolute Gasteiger partial charge is 0.0836 e. The standard InChI is InChI=1S/C26H41NO2S/c1-14(2)5-4-6-15(3)16-7-9-18-17(16)8-10-19-20-12-23-22(27-13-30-23)11-21(20)25(28)26(29)24(18)19/h13-21,24-26,28-29H,4-12H2,1-3H3/t15-,16?,17?,18?,19?,20?,21?,24?,25?,26?/m1/s1. The predicted molar refractivity (Wildman–Crippen MR) is 122 cm³/mol. The fourth-order valence-corrected chi connectivity index (χ4v) is 9.26. The summed E-state index contributed by atoms with van der Waals surface area (Å²) in [5.74, 6) is 5.54. The minimum Gasteiger partial charge on any atom is -0.390 e. The van der Waals surface area contributed by atoms with E-state index in [-0.39, 0.29) is 5.92 Å². The lowest BCUT2D eigenvalue weighted by Crippen LogP contribution is -2.58. The molecule has 1 aromatic heterocycles. The van der Waals surface area contributed by atoms with Crippen molar-refractivity contribution in [3.05, 3.63) is 16.1 Å². The quantitative estimate of drug-likeness (QED) is 0.661. The number of aliphatic hydroxyl groups is 2. The number of aromatic nitrogens is 1. The maximum Gasteiger partial charge on any atom is 0.0836 e. The average molecular weight is 432 g/mol. The molecule has 3 saturated carbocycles. The Hall–Kier alpha value is -0.450. The predicted octanol–water partition coefficient (Wildman–Crippen LogP) is 5.34. The number of hydrogen-bond acceptors (Lipinski definition) is 4. The van der Waals surface area contributed by atoms with Crippen molar-refractivity contribution in [2.75, 3.05) is 0 Å². The lowest BCUT2D eigenvalue weighted by Gasteiger charge is -2.55. The highest BCUT2D eigenvalue weighted by atomic mass is 32.1. The first-order chi connectivity index (χ1) is 14.5. The molecule has 3 nitrogen and oxygen atoms in total. The molecule has 0 aliphatic heterocycles. The topological polar surface area (TPSA) is 53.4 Å². The molecule has 4 heteroatoms. The summed E-state index contributed by atoms with van der Waals surface area (Å²) < 4.78 is 0. The Morgan fingerprint density at radius 1 is 0.900 bits per heavy atom. The lowest BCUT2D eigenvalue weighted by atomic mass is 9.51. The number of nitrogens with zero attached hydrogens (tertiary/aromatic N) is 1. The molecule has 0 aromatic carbocycles. The van der Waals surface area contributed by atoms with Crippen LogP contribution in [-0.4, -0.2) is 27.4 Å². The van der Waals surface area contributed by atoms with E-state index in [1.165, 1.54) is 55.5 Å². The number of fused-ring (bicyclic) bond motifs is 6. The Morgan fingerprint density at radius 3 is 2.43 bits per heavy atom. The van der Waals surface area contributed by atoms with Gasteiger partial charge in [-0.25, -0.2) is 4.98 Å². The van der Waals surface area contributed by atoms with Crippen molar-refractivity contribution in [2.24, 2.45) is 53.3 Å². The highest BCUT2D eigenvalue weighted by Gasteiger charge is 2.58. The van der Waals surface area contributed by atoms with Gasteiger partial charge in [-0.05, 0) is 91.8 Å². The molecule has 0 amide bonds. The van der Waals surface area contributed by atoms with Crippen molar-refractivity contribution in [2.45, 2.75) is 90.8 Å². The average Bonchev–Trinajstić information content (AvgIpc) is 3.36. The largest absolute Gasteiger partial charge is 0.390 e. The van der Waals surface area contributed by atoms with Crippen LogP contribution in [0.3, 0.4) is 0 Å². The minimum atomic E-state index is -0.563. The first-order valence-electron chi connectivity index (χ1n) is 12.7. The molecule has 0 radical (unpaired) electrons. The minimum absolute atomic E-state index is 0.208. The molecule has 168 valence electrons. The third kappa shape index (κ3) is 3.59. The van der Waals surface area contributed by atoms with Gasteiger partial charge in [0.2, 0.25) is 0 Å². The van der Waals surface area contributed by atoms with Gasteiger partial charge < -0.3 is 10.2 Å². The second-order valence-electron chi connectivity index (χ2n) is 11.6. The molecule has 5 rings (SSSR count). The van der Waals surface area contributed by atoms with E-state index in [2.05, 4.69) is 25.8 Å². The van der Waals surface area contributed by atoms with Crippen LogP contribution in [0.4, 0.5) is 0 Å². The lowest BCUT2D eigenvalue weighted by molar-refractivity contribution is -0.163. The van der Waals surface area contributed by atoms with Gasteiger partial charge in [0.15, 0.2) is 0 Å². The second kappa shape index (κ2) is 8.48. The molecule has 10 atom stereocenters. The van der Waals surface area contributed by atoms with Gasteiger partial charge in [0, 0.05) is 4.88 Å². The Balaban J connectivity index is 1.32. The van der Waals surface area contributed by atoms with Crippen molar-refractivity contribution in [3.8, 4) is 0 Å². The number of thiazole rings is 1. The molecule has 0 saturated heterocycles. The van der Waals surface area contributed by atoms with Crippen LogP contribution in [0.25, 0.3) is 0 Å². The number of rotatable bonds is 5. The van der Waals surface area contributed by atoms with E-state index >= 15 is 0 Å². The number of aliphatic hydroxyl groups excluding tert-OH is 2. The van der Waals surface area contributed by atoms with Crippen LogP contribution in [0.5, 0.6) is 0 Å². The van der Waals surface area contributed by atoms with Crippen molar-refractivity contribution in [3.63, 3.8) is 0 Å². The molecule has 1 heterocycles. The Morgan fingerprint density at radius 2 is 1.63 bits per heavy atom. The van der Waals surface area contributed by atoms with E-state index in [1.807, 2.05) is 5.51 Å². The summed E-state index contributed by atoms with van der Waals surface area (Å²) in [7, 11) is 0. The summed E-state index contributed by atoms with van der Waals surface area (Å²) in [6, 6.07) is 0. The Labute approximate surface area is 186 Å². The molecule has 1 aromatic rings. The van der Waals surface area contributed by atoms with Crippen LogP contribution in [0, 0.1) is 53.3 Å². The van der Waals surface area contributed by atoms with Gasteiger partial charge in [0.05, 0.1) is 23.4 Å². The van der Waals surface area contributed by atoms with Crippen LogP contribution in [0.15, 0.2) is 5.51 Å². The molecule has 2 N–H and O–H groups in total. The first kappa shape index (κ1) is 21.4. The highest BCUT2D eigenvalue weighted by Crippen LogP contribution is 2.60. The third-order valence-electron chi connectivity index (χ3n) is 9.79. The van der Waals surface area contributed by atoms with Gasteiger partial charge in [-0.2, -0.15) is 0 Å². The van der Waals surface area contributed by atoms with Crippen LogP contribution in [0.1, 0.15) is 76.3 Å². The summed E-state index contributed by atoms with van der Waals surface area (Å²) in [5.41, 5.74) is 3.16. The summed E-state index contributed by atoms with van der Waals surface area (Å²) in [6.45, 7) is 7.16. The molecule has 4 aliphatic rings. The van der Waals surface area contributed by atoms with Crippen LogP contribution in [0.2, 0.25) is 0 Å². The summed E-state index contributed by atoms with van der Waals surface area (Å²) >= 11 is 1.80. The van der Waals surface area contributed by atoms with E-state index in [0.29, 0.717) is 23.7 Å². The molecule has 0 spiro atoms. The summed E-state index contributed by atoms with van der Waals surface area (Å²) in [6.07, 6.45) is 10.2. The van der Waals surface area contributed by atoms with E-state index in [1.54, 1.807) is 11.3 Å². The third-order valence-corrected chi connectivity index (χ3v) is 10.7. The molecule has 4 aliphatic carbocycles. The van der Waals surface area contributed by atoms with Gasteiger partial charge in [-0.1, -0.05) is 40.0 Å². The van der Waals surface area contributed by atoms with Crippen LogP contribution < -0.4 is 0 Å². The van der Waals surface area contributed by atoms with Crippen LogP contribution in [-0.2, 0) is 12.8 Å². The first-order valence-corrected chi connectivity index (χ1v) is 13.6. The zero-order valence-electron chi connectivity index (χ0n) is 19.0. The van der Waals surface area contributed by atoms with E-state index in [9.17, 15) is 10.2 Å². The summed E-state index contributed by atoms with van der Waals surface area (Å²) in [4.78, 5) is 6.00. The van der Waals surface area contributed by atoms with Gasteiger partial charge in [-0.15, -0.1) is 11.3 Å². The van der Waals surface area contributed by atoms with E-state index in [4.69, 9.17) is 0 Å². The van der Waals surface area contributed by atoms with E-state index < -0.39 is 12.2 Å². The molecular formula is C26H41NO2S. The van der Waals surface area contributed by atoms with E-state index in [0.717, 1.165) is 36.5 Å². The Kier molecular flexibility index (Phi) is 6.05. The van der Waals surface area contributed by atoms with Crippen molar-refractivity contribution in [1.82, 2.24) is 4.98 Å². The highest BCUT2D eigenvalue weighted by molar-refractivity contribution is 7.09. The van der Waals surface area contributed by atoms with Crippen molar-refractivity contribution in [1.29, 1.82) is 0 Å². The van der Waals surface area contributed by atoms with Gasteiger partial charge >= 0.3 is 0 Å². The molecule has 3 fully saturated rings. The fraction of sp³-hybridized carbons (Fsp3) is 0.885. The normalized spacial score (nSPS) is 43.6. The zero-order valence-corrected chi connectivity index (χ0v) is 19.9. The SMILES string of the molecule is CC(C)CCC[C@@H](C)C1CCC2C1CCC1C3Cc4scnc4CC3C(O)C(O)C12. The molecule has 30 heavy (non-hydrogen) atoms. The maximum atomic E-state index is 11.3. The zero-order chi connectivity index (χ0) is 21.0.